The van der Waals surface area contributed by atoms with Crippen molar-refractivity contribution in [3.63, 3.8) is 0 Å². The number of H-pyrrole nitrogens is 1. The summed E-state index contributed by atoms with van der Waals surface area (Å²) in [5.74, 6) is 0. The smallest absolute Gasteiger partial charge is 0.113 e. The zero-order valence-electron chi connectivity index (χ0n) is 10.5. The fourth-order valence-corrected chi connectivity index (χ4v) is 2.07. The molecule has 0 atom stereocenters. The van der Waals surface area contributed by atoms with Gasteiger partial charge in [-0.15, -0.1) is 0 Å². The summed E-state index contributed by atoms with van der Waals surface area (Å²) in [5.41, 5.74) is 8.93. The molecule has 0 spiro atoms. The summed E-state index contributed by atoms with van der Waals surface area (Å²) in [6, 6.07) is 12.2. The number of hydrazone groups is 1. The maximum absolute atomic E-state index is 4.10. The number of benzene rings is 2. The highest BCUT2D eigenvalue weighted by atomic mass is 15.3. The van der Waals surface area contributed by atoms with Crippen LogP contribution >= 0.6 is 0 Å². The second-order valence-corrected chi connectivity index (χ2v) is 4.33. The number of aromatic nitrogens is 3. The number of aryl methyl sites for hydroxylation is 1. The number of hydrogen-bond acceptors (Lipinski definition) is 4. The molecule has 2 N–H and O–H groups in total. The predicted octanol–water partition coefficient (Wildman–Crippen LogP) is 2.96. The van der Waals surface area contributed by atoms with Crippen LogP contribution in [0, 0.1) is 6.92 Å². The molecule has 5 nitrogen and oxygen atoms in total. The normalized spacial score (nSPS) is 10.6. The van der Waals surface area contributed by atoms with Gasteiger partial charge in [-0.05, 0) is 47.9 Å². The van der Waals surface area contributed by atoms with Gasteiger partial charge in [-0.25, -0.2) is 0 Å². The molecule has 1 aromatic heterocycles. The van der Waals surface area contributed by atoms with Crippen LogP contribution in [0.3, 0.4) is 0 Å². The summed E-state index contributed by atoms with van der Waals surface area (Å²) in [6.45, 7) is 5.46. The first-order valence-electron chi connectivity index (χ1n) is 5.91. The van der Waals surface area contributed by atoms with Crippen LogP contribution in [0.15, 0.2) is 41.5 Å². The van der Waals surface area contributed by atoms with E-state index in [1.54, 1.807) is 0 Å². The maximum Gasteiger partial charge on any atom is 0.113 e. The van der Waals surface area contributed by atoms with Crippen LogP contribution in [-0.4, -0.2) is 22.1 Å². The van der Waals surface area contributed by atoms with Gasteiger partial charge in [-0.2, -0.15) is 20.5 Å². The Bertz CT molecular complexity index is 744. The van der Waals surface area contributed by atoms with Gasteiger partial charge in [0.1, 0.15) is 11.0 Å². The van der Waals surface area contributed by atoms with Crippen molar-refractivity contribution in [3.8, 4) is 11.1 Å². The standard InChI is InChI=1S/C14H13N5/c1-9-7-10(3-5-12(9)16-15-2)11-4-6-13-14(8-11)18-19-17-13/h3-8,16H,2H2,1H3,(H,17,18,19). The van der Waals surface area contributed by atoms with E-state index < -0.39 is 0 Å². The summed E-state index contributed by atoms with van der Waals surface area (Å²) in [7, 11) is 0. The van der Waals surface area contributed by atoms with Gasteiger partial charge in [0.2, 0.25) is 0 Å². The Balaban J connectivity index is 2.05. The number of aromatic amines is 1. The topological polar surface area (TPSA) is 66.0 Å². The zero-order valence-corrected chi connectivity index (χ0v) is 10.5. The minimum absolute atomic E-state index is 0.866. The second kappa shape index (κ2) is 4.53. The summed E-state index contributed by atoms with van der Waals surface area (Å²) in [6.07, 6.45) is 0. The summed E-state index contributed by atoms with van der Waals surface area (Å²) >= 11 is 0. The van der Waals surface area contributed by atoms with Gasteiger partial charge >= 0.3 is 0 Å². The van der Waals surface area contributed by atoms with Gasteiger partial charge in [-0.3, -0.25) is 5.43 Å². The fourth-order valence-electron chi connectivity index (χ4n) is 2.07. The molecule has 0 bridgehead atoms. The third-order valence-corrected chi connectivity index (χ3v) is 3.08. The van der Waals surface area contributed by atoms with Gasteiger partial charge in [0.05, 0.1) is 5.69 Å². The molecule has 0 unspecified atom stereocenters. The van der Waals surface area contributed by atoms with Crippen molar-refractivity contribution < 1.29 is 0 Å². The highest BCUT2D eigenvalue weighted by Gasteiger charge is 2.04. The van der Waals surface area contributed by atoms with Crippen molar-refractivity contribution in [1.82, 2.24) is 15.4 Å². The Hall–Kier alpha value is -2.69. The molecule has 19 heavy (non-hydrogen) atoms. The lowest BCUT2D eigenvalue weighted by Gasteiger charge is -2.07. The first-order valence-corrected chi connectivity index (χ1v) is 5.91. The summed E-state index contributed by atoms with van der Waals surface area (Å²) < 4.78 is 0. The molecule has 94 valence electrons. The van der Waals surface area contributed by atoms with E-state index in [0.717, 1.165) is 33.4 Å². The first-order chi connectivity index (χ1) is 9.28. The van der Waals surface area contributed by atoms with E-state index in [1.807, 2.05) is 37.3 Å². The van der Waals surface area contributed by atoms with Crippen LogP contribution in [-0.2, 0) is 0 Å². The van der Waals surface area contributed by atoms with Crippen LogP contribution in [0.5, 0.6) is 0 Å². The molecule has 2 aromatic carbocycles. The molecular weight excluding hydrogens is 238 g/mol. The fraction of sp³-hybridized carbons (Fsp3) is 0.0714. The van der Waals surface area contributed by atoms with E-state index in [-0.39, 0.29) is 0 Å². The minimum Gasteiger partial charge on any atom is -0.279 e. The predicted molar refractivity (Wildman–Crippen MR) is 77.2 cm³/mol. The highest BCUT2D eigenvalue weighted by Crippen LogP contribution is 2.26. The van der Waals surface area contributed by atoms with Gasteiger partial charge in [0, 0.05) is 6.72 Å². The molecular formula is C14H13N5. The third kappa shape index (κ3) is 2.06. The number of nitrogens with one attached hydrogen (secondary N) is 2. The number of anilines is 1. The van der Waals surface area contributed by atoms with Crippen LogP contribution in [0.4, 0.5) is 5.69 Å². The molecule has 0 aliphatic rings. The molecule has 3 aromatic rings. The largest absolute Gasteiger partial charge is 0.279 e. The second-order valence-electron chi connectivity index (χ2n) is 4.33. The molecule has 0 saturated carbocycles. The minimum atomic E-state index is 0.866. The SMILES string of the molecule is C=NNc1ccc(-c2ccc3n[nH]nc3c2)cc1C. The van der Waals surface area contributed by atoms with Gasteiger partial charge in [0.15, 0.2) is 0 Å². The van der Waals surface area contributed by atoms with Crippen LogP contribution in [0.1, 0.15) is 5.56 Å². The van der Waals surface area contributed by atoms with Crippen molar-refractivity contribution in [2.45, 2.75) is 6.92 Å². The summed E-state index contributed by atoms with van der Waals surface area (Å²) in [4.78, 5) is 0. The molecule has 0 saturated heterocycles. The monoisotopic (exact) mass is 251 g/mol. The zero-order chi connectivity index (χ0) is 13.2. The van der Waals surface area contributed by atoms with Crippen molar-refractivity contribution in [3.05, 3.63) is 42.0 Å². The Morgan fingerprint density at radius 2 is 1.79 bits per heavy atom. The Morgan fingerprint density at radius 1 is 1.05 bits per heavy atom. The van der Waals surface area contributed by atoms with Crippen LogP contribution < -0.4 is 5.43 Å². The Labute approximate surface area is 110 Å². The lowest BCUT2D eigenvalue weighted by molar-refractivity contribution is 0.959. The highest BCUT2D eigenvalue weighted by molar-refractivity contribution is 5.81. The maximum atomic E-state index is 4.10. The molecule has 1 heterocycles. The number of fused-ring (bicyclic) bond motifs is 1. The molecule has 0 radical (unpaired) electrons. The van der Waals surface area contributed by atoms with Crippen molar-refractivity contribution in [1.29, 1.82) is 0 Å². The van der Waals surface area contributed by atoms with E-state index in [1.165, 1.54) is 0 Å². The third-order valence-electron chi connectivity index (χ3n) is 3.08. The van der Waals surface area contributed by atoms with Gasteiger partial charge < -0.3 is 0 Å². The Kier molecular flexibility index (Phi) is 2.72. The Morgan fingerprint density at radius 3 is 2.58 bits per heavy atom. The average Bonchev–Trinajstić information content (AvgIpc) is 2.88. The van der Waals surface area contributed by atoms with E-state index in [0.29, 0.717) is 0 Å². The van der Waals surface area contributed by atoms with Gasteiger partial charge in [-0.1, -0.05) is 12.1 Å². The molecule has 3 rings (SSSR count). The quantitative estimate of drug-likeness (QED) is 0.555. The van der Waals surface area contributed by atoms with E-state index >= 15 is 0 Å². The van der Waals surface area contributed by atoms with E-state index in [9.17, 15) is 0 Å². The lowest BCUT2D eigenvalue weighted by Crippen LogP contribution is -1.90. The van der Waals surface area contributed by atoms with Crippen molar-refractivity contribution in [2.24, 2.45) is 5.10 Å². The molecule has 0 aliphatic heterocycles. The van der Waals surface area contributed by atoms with E-state index in [2.05, 4.69) is 38.7 Å². The molecule has 0 fully saturated rings. The lowest BCUT2D eigenvalue weighted by atomic mass is 10.0. The molecule has 0 aliphatic carbocycles. The number of hydrogen-bond donors (Lipinski definition) is 2. The molecule has 5 heteroatoms. The van der Waals surface area contributed by atoms with Crippen molar-refractivity contribution in [2.75, 3.05) is 5.43 Å². The van der Waals surface area contributed by atoms with Gasteiger partial charge in [0.25, 0.3) is 0 Å². The molecule has 0 amide bonds. The van der Waals surface area contributed by atoms with Crippen LogP contribution in [0.25, 0.3) is 22.2 Å². The van der Waals surface area contributed by atoms with Crippen molar-refractivity contribution >= 4 is 23.4 Å². The summed E-state index contributed by atoms with van der Waals surface area (Å²) in [5, 5.41) is 14.5. The first kappa shape index (κ1) is 11.4. The number of nitrogens with zero attached hydrogens (tertiary/aromatic N) is 3. The van der Waals surface area contributed by atoms with Crippen LogP contribution in [0.2, 0.25) is 0 Å². The van der Waals surface area contributed by atoms with E-state index in [4.69, 9.17) is 0 Å². The number of rotatable bonds is 3. The average molecular weight is 251 g/mol.